The fourth-order valence-corrected chi connectivity index (χ4v) is 2.89. The summed E-state index contributed by atoms with van der Waals surface area (Å²) in [5.74, 6) is 0. The van der Waals surface area contributed by atoms with Crippen molar-refractivity contribution in [2.75, 3.05) is 0 Å². The highest BCUT2D eigenvalue weighted by atomic mass is 35.5. The number of hydrogen-bond donors (Lipinski definition) is 1. The third-order valence-corrected chi connectivity index (χ3v) is 4.01. The Labute approximate surface area is 122 Å². The summed E-state index contributed by atoms with van der Waals surface area (Å²) in [6.07, 6.45) is 0. The molecule has 0 saturated heterocycles. The zero-order chi connectivity index (χ0) is 14.0. The number of hydrogen-bond acceptors (Lipinski definition) is 4. The minimum atomic E-state index is -0.0194. The molecule has 2 rings (SSSR count). The van der Waals surface area contributed by atoms with E-state index in [1.807, 2.05) is 45.0 Å². The number of benzene rings is 1. The topological polar surface area (TPSA) is 51.8 Å². The van der Waals surface area contributed by atoms with Gasteiger partial charge in [0.2, 0.25) is 0 Å². The predicted octanol–water partition coefficient (Wildman–Crippen LogP) is 3.92. The van der Waals surface area contributed by atoms with Crippen molar-refractivity contribution in [3.8, 4) is 0 Å². The summed E-state index contributed by atoms with van der Waals surface area (Å²) in [5.41, 5.74) is 8.77. The third kappa shape index (κ3) is 3.69. The number of nitrogens with two attached hydrogens (primary N) is 1. The Morgan fingerprint density at radius 3 is 2.32 bits per heavy atom. The zero-order valence-electron chi connectivity index (χ0n) is 11.1. The lowest BCUT2D eigenvalue weighted by atomic mass is 10.1. The normalized spacial score (nSPS) is 12.5. The minimum Gasteiger partial charge on any atom is -0.324 e. The molecule has 1 aromatic heterocycles. The van der Waals surface area contributed by atoms with Crippen LogP contribution in [0.1, 0.15) is 29.9 Å². The predicted molar refractivity (Wildman–Crippen MR) is 79.7 cm³/mol. The monoisotopic (exact) mass is 293 g/mol. The van der Waals surface area contributed by atoms with Gasteiger partial charge < -0.3 is 5.73 Å². The van der Waals surface area contributed by atoms with Crippen molar-refractivity contribution < 1.29 is 0 Å². The Morgan fingerprint density at radius 1 is 1.16 bits per heavy atom. The quantitative estimate of drug-likeness (QED) is 0.872. The summed E-state index contributed by atoms with van der Waals surface area (Å²) in [4.78, 5) is 9.73. The summed E-state index contributed by atoms with van der Waals surface area (Å²) in [6.45, 7) is 5.85. The van der Waals surface area contributed by atoms with E-state index in [1.165, 1.54) is 11.8 Å². The Bertz CT molecular complexity index is 579. The van der Waals surface area contributed by atoms with Crippen molar-refractivity contribution in [3.63, 3.8) is 0 Å². The van der Waals surface area contributed by atoms with Crippen LogP contribution in [0, 0.1) is 13.8 Å². The van der Waals surface area contributed by atoms with Crippen molar-refractivity contribution >= 4 is 23.4 Å². The summed E-state index contributed by atoms with van der Waals surface area (Å²) >= 11 is 7.74. The van der Waals surface area contributed by atoms with Crippen molar-refractivity contribution in [3.05, 3.63) is 46.2 Å². The summed E-state index contributed by atoms with van der Waals surface area (Å²) < 4.78 is 0. The molecule has 0 unspecified atom stereocenters. The van der Waals surface area contributed by atoms with E-state index in [9.17, 15) is 0 Å². The molecule has 0 aliphatic rings. The number of nitrogens with zero attached hydrogens (tertiary/aromatic N) is 2. The van der Waals surface area contributed by atoms with Gasteiger partial charge in [0.05, 0.1) is 5.02 Å². The standard InChI is InChI=1S/C14H16ClN3S/c1-8-6-9(2)18-14(17-8)19-13-5-4-11(10(3)16)7-12(13)15/h4-7,10H,16H2,1-3H3/t10-/m0/s1. The lowest BCUT2D eigenvalue weighted by molar-refractivity contribution is 0.817. The van der Waals surface area contributed by atoms with E-state index in [1.54, 1.807) is 0 Å². The SMILES string of the molecule is Cc1cc(C)nc(Sc2ccc([C@H](C)N)cc2Cl)n1. The molecule has 0 saturated carbocycles. The lowest BCUT2D eigenvalue weighted by Crippen LogP contribution is -2.04. The molecule has 5 heteroatoms. The first-order chi connectivity index (χ1) is 8.95. The second-order valence-electron chi connectivity index (χ2n) is 4.51. The van der Waals surface area contributed by atoms with E-state index in [-0.39, 0.29) is 6.04 Å². The number of aromatic nitrogens is 2. The van der Waals surface area contributed by atoms with Crippen LogP contribution in [0.5, 0.6) is 0 Å². The van der Waals surface area contributed by atoms with Crippen LogP contribution in [0.4, 0.5) is 0 Å². The van der Waals surface area contributed by atoms with Gasteiger partial charge in [-0.1, -0.05) is 17.7 Å². The molecule has 0 spiro atoms. The van der Waals surface area contributed by atoms with Gasteiger partial charge in [-0.3, -0.25) is 0 Å². The van der Waals surface area contributed by atoms with Crippen LogP contribution in [0.25, 0.3) is 0 Å². The maximum Gasteiger partial charge on any atom is 0.192 e. The van der Waals surface area contributed by atoms with Crippen molar-refractivity contribution in [2.24, 2.45) is 5.73 Å². The van der Waals surface area contributed by atoms with Gasteiger partial charge in [0.1, 0.15) is 0 Å². The van der Waals surface area contributed by atoms with Crippen LogP contribution in [0.15, 0.2) is 34.3 Å². The van der Waals surface area contributed by atoms with Gasteiger partial charge in [-0.25, -0.2) is 9.97 Å². The van der Waals surface area contributed by atoms with Crippen LogP contribution in [-0.4, -0.2) is 9.97 Å². The van der Waals surface area contributed by atoms with Gasteiger partial charge in [-0.15, -0.1) is 0 Å². The second-order valence-corrected chi connectivity index (χ2v) is 5.93. The van der Waals surface area contributed by atoms with Gasteiger partial charge >= 0.3 is 0 Å². The van der Waals surface area contributed by atoms with Gasteiger partial charge in [-0.2, -0.15) is 0 Å². The summed E-state index contributed by atoms with van der Waals surface area (Å²) in [7, 11) is 0. The average molecular weight is 294 g/mol. The van der Waals surface area contributed by atoms with E-state index in [4.69, 9.17) is 17.3 Å². The molecule has 1 heterocycles. The third-order valence-electron chi connectivity index (χ3n) is 2.64. The molecule has 1 atom stereocenters. The minimum absolute atomic E-state index is 0.0194. The Kier molecular flexibility index (Phi) is 4.45. The van der Waals surface area contributed by atoms with Gasteiger partial charge in [-0.05, 0) is 56.3 Å². The van der Waals surface area contributed by atoms with E-state index in [2.05, 4.69) is 9.97 Å². The largest absolute Gasteiger partial charge is 0.324 e. The summed E-state index contributed by atoms with van der Waals surface area (Å²) in [6, 6.07) is 7.78. The highest BCUT2D eigenvalue weighted by Gasteiger charge is 2.08. The molecule has 0 amide bonds. The molecular weight excluding hydrogens is 278 g/mol. The van der Waals surface area contributed by atoms with Crippen molar-refractivity contribution in [1.82, 2.24) is 9.97 Å². The molecule has 2 aromatic rings. The highest BCUT2D eigenvalue weighted by molar-refractivity contribution is 7.99. The van der Waals surface area contributed by atoms with E-state index in [0.717, 1.165) is 21.8 Å². The van der Waals surface area contributed by atoms with Crippen LogP contribution >= 0.6 is 23.4 Å². The second kappa shape index (κ2) is 5.90. The molecule has 0 fully saturated rings. The summed E-state index contributed by atoms with van der Waals surface area (Å²) in [5, 5.41) is 1.40. The van der Waals surface area contributed by atoms with Gasteiger partial charge in [0, 0.05) is 22.3 Å². The van der Waals surface area contributed by atoms with Crippen LogP contribution in [0.3, 0.4) is 0 Å². The molecule has 1 aromatic carbocycles. The molecular formula is C14H16ClN3S. The average Bonchev–Trinajstić information content (AvgIpc) is 2.30. The van der Waals surface area contributed by atoms with E-state index < -0.39 is 0 Å². The smallest absolute Gasteiger partial charge is 0.192 e. The first-order valence-electron chi connectivity index (χ1n) is 6.01. The number of aryl methyl sites for hydroxylation is 2. The molecule has 100 valence electrons. The maximum absolute atomic E-state index is 6.27. The highest BCUT2D eigenvalue weighted by Crippen LogP contribution is 2.33. The molecule has 2 N–H and O–H groups in total. The maximum atomic E-state index is 6.27. The van der Waals surface area contributed by atoms with Gasteiger partial charge in [0.15, 0.2) is 5.16 Å². The van der Waals surface area contributed by atoms with Gasteiger partial charge in [0.25, 0.3) is 0 Å². The van der Waals surface area contributed by atoms with Crippen LogP contribution in [-0.2, 0) is 0 Å². The molecule has 3 nitrogen and oxygen atoms in total. The lowest BCUT2D eigenvalue weighted by Gasteiger charge is -2.09. The Hall–Kier alpha value is -1.10. The molecule has 0 aliphatic carbocycles. The zero-order valence-corrected chi connectivity index (χ0v) is 12.7. The fourth-order valence-electron chi connectivity index (χ4n) is 1.72. The van der Waals surface area contributed by atoms with E-state index in [0.29, 0.717) is 10.2 Å². The Balaban J connectivity index is 2.28. The first kappa shape index (κ1) is 14.3. The molecule has 19 heavy (non-hydrogen) atoms. The fraction of sp³-hybridized carbons (Fsp3) is 0.286. The van der Waals surface area contributed by atoms with Crippen LogP contribution in [0.2, 0.25) is 5.02 Å². The van der Waals surface area contributed by atoms with Crippen molar-refractivity contribution in [2.45, 2.75) is 36.9 Å². The molecule has 0 bridgehead atoms. The molecule has 0 radical (unpaired) electrons. The van der Waals surface area contributed by atoms with Crippen molar-refractivity contribution in [1.29, 1.82) is 0 Å². The number of halogens is 1. The van der Waals surface area contributed by atoms with E-state index >= 15 is 0 Å². The number of rotatable bonds is 3. The molecule has 0 aliphatic heterocycles. The Morgan fingerprint density at radius 2 is 1.79 bits per heavy atom. The van der Waals surface area contributed by atoms with Crippen LogP contribution < -0.4 is 5.73 Å². The first-order valence-corrected chi connectivity index (χ1v) is 7.20.